The minimum absolute atomic E-state index is 0.141. The highest BCUT2D eigenvalue weighted by molar-refractivity contribution is 5.92. The lowest BCUT2D eigenvalue weighted by molar-refractivity contribution is -0.120. The van der Waals surface area contributed by atoms with Crippen molar-refractivity contribution >= 4 is 11.6 Å². The van der Waals surface area contributed by atoms with E-state index in [4.69, 9.17) is 0 Å². The molecule has 1 heterocycles. The average Bonchev–Trinajstić information content (AvgIpc) is 2.47. The van der Waals surface area contributed by atoms with Gasteiger partial charge in [-0.05, 0) is 62.4 Å². The number of benzene rings is 1. The summed E-state index contributed by atoms with van der Waals surface area (Å²) in [5.41, 5.74) is 3.65. The number of piperidine rings is 1. The molecule has 110 valence electrons. The number of anilines is 1. The van der Waals surface area contributed by atoms with Crippen LogP contribution in [0.25, 0.3) is 0 Å². The van der Waals surface area contributed by atoms with Crippen LogP contribution in [0.5, 0.6) is 0 Å². The first-order valence-electron chi connectivity index (χ1n) is 7.80. The van der Waals surface area contributed by atoms with Crippen LogP contribution in [-0.2, 0) is 17.6 Å². The lowest BCUT2D eigenvalue weighted by Gasteiger charge is -2.27. The molecule has 2 N–H and O–H groups in total. The van der Waals surface area contributed by atoms with Crippen LogP contribution in [0.4, 0.5) is 5.69 Å². The van der Waals surface area contributed by atoms with Gasteiger partial charge in [0.2, 0.25) is 5.91 Å². The molecule has 1 fully saturated rings. The molecule has 0 aliphatic carbocycles. The van der Waals surface area contributed by atoms with Gasteiger partial charge < -0.3 is 10.6 Å². The highest BCUT2D eigenvalue weighted by atomic mass is 16.1. The smallest absolute Gasteiger partial charge is 0.227 e. The van der Waals surface area contributed by atoms with E-state index < -0.39 is 0 Å². The summed E-state index contributed by atoms with van der Waals surface area (Å²) in [6, 6.07) is 6.73. The average molecular weight is 274 g/mol. The molecule has 0 saturated carbocycles. The number of hydrogen-bond acceptors (Lipinski definition) is 2. The molecule has 0 spiro atoms. The Kier molecular flexibility index (Phi) is 5.18. The largest absolute Gasteiger partial charge is 0.326 e. The first kappa shape index (κ1) is 15.0. The van der Waals surface area contributed by atoms with Gasteiger partial charge in [0.15, 0.2) is 0 Å². The number of carbonyl (C=O) groups excluding carboxylic acids is 1. The van der Waals surface area contributed by atoms with Gasteiger partial charge in [0.25, 0.3) is 0 Å². The predicted molar refractivity (Wildman–Crippen MR) is 84.0 cm³/mol. The molecule has 0 unspecified atom stereocenters. The number of rotatable bonds is 4. The molecule has 1 saturated heterocycles. The van der Waals surface area contributed by atoms with Crippen molar-refractivity contribution in [3.63, 3.8) is 0 Å². The molecule has 3 heteroatoms. The zero-order valence-corrected chi connectivity index (χ0v) is 12.8. The van der Waals surface area contributed by atoms with E-state index in [9.17, 15) is 4.79 Å². The highest BCUT2D eigenvalue weighted by Crippen LogP contribution is 2.21. The second kappa shape index (κ2) is 6.89. The van der Waals surface area contributed by atoms with E-state index >= 15 is 0 Å². The fourth-order valence-corrected chi connectivity index (χ4v) is 2.99. The van der Waals surface area contributed by atoms with Crippen molar-refractivity contribution in [2.45, 2.75) is 52.5 Å². The van der Waals surface area contributed by atoms with E-state index in [2.05, 4.69) is 43.5 Å². The summed E-state index contributed by atoms with van der Waals surface area (Å²) in [5, 5.41) is 6.48. The first-order chi connectivity index (χ1) is 9.63. The fourth-order valence-electron chi connectivity index (χ4n) is 2.99. The van der Waals surface area contributed by atoms with Crippen molar-refractivity contribution in [1.82, 2.24) is 5.32 Å². The zero-order chi connectivity index (χ0) is 14.5. The molecule has 0 aromatic heterocycles. The van der Waals surface area contributed by atoms with Crippen molar-refractivity contribution < 1.29 is 4.79 Å². The minimum atomic E-state index is 0.141. The van der Waals surface area contributed by atoms with Crippen LogP contribution in [-0.4, -0.2) is 18.5 Å². The third-order valence-corrected chi connectivity index (χ3v) is 4.23. The maximum absolute atomic E-state index is 12.3. The second-order valence-corrected chi connectivity index (χ2v) is 5.76. The third-order valence-electron chi connectivity index (χ3n) is 4.23. The van der Waals surface area contributed by atoms with Crippen molar-refractivity contribution in [3.05, 3.63) is 29.3 Å². The van der Waals surface area contributed by atoms with Crippen LogP contribution >= 0.6 is 0 Å². The Bertz CT molecular complexity index is 470. The fraction of sp³-hybridized carbons (Fsp3) is 0.588. The Morgan fingerprint density at radius 2 is 2.05 bits per heavy atom. The molecule has 0 bridgehead atoms. The van der Waals surface area contributed by atoms with Crippen molar-refractivity contribution in [2.75, 3.05) is 11.9 Å². The summed E-state index contributed by atoms with van der Waals surface area (Å²) >= 11 is 0. The Morgan fingerprint density at radius 1 is 1.30 bits per heavy atom. The lowest BCUT2D eigenvalue weighted by atomic mass is 9.92. The summed E-state index contributed by atoms with van der Waals surface area (Å²) in [6.45, 7) is 7.41. The maximum Gasteiger partial charge on any atom is 0.227 e. The summed E-state index contributed by atoms with van der Waals surface area (Å²) in [5.74, 6) is 0.312. The van der Waals surface area contributed by atoms with Crippen LogP contribution in [0.2, 0.25) is 0 Å². The Balaban J connectivity index is 2.03. The van der Waals surface area contributed by atoms with Gasteiger partial charge in [-0.2, -0.15) is 0 Å². The van der Waals surface area contributed by atoms with E-state index in [0.717, 1.165) is 37.9 Å². The van der Waals surface area contributed by atoms with Gasteiger partial charge in [0.1, 0.15) is 0 Å². The minimum Gasteiger partial charge on any atom is -0.326 e. The molecule has 1 aliphatic heterocycles. The lowest BCUT2D eigenvalue weighted by Crippen LogP contribution is -2.40. The van der Waals surface area contributed by atoms with E-state index in [-0.39, 0.29) is 11.8 Å². The monoisotopic (exact) mass is 274 g/mol. The number of carbonyl (C=O) groups is 1. The van der Waals surface area contributed by atoms with Gasteiger partial charge in [0, 0.05) is 17.6 Å². The Hall–Kier alpha value is -1.35. The number of amides is 1. The standard InChI is InChI=1S/C17H26N2O/c1-4-13-6-7-16(11-14(13)5-2)19-17(20)15-8-9-18-12(3)10-15/h6-7,11-12,15,18H,4-5,8-10H2,1-3H3,(H,19,20)/t12-,15-/m0/s1. The van der Waals surface area contributed by atoms with Gasteiger partial charge in [0.05, 0.1) is 0 Å². The SMILES string of the molecule is CCc1ccc(NC(=O)[C@H]2CCN[C@@H](C)C2)cc1CC. The maximum atomic E-state index is 12.3. The molecular formula is C17H26N2O. The summed E-state index contributed by atoms with van der Waals surface area (Å²) in [4.78, 5) is 12.3. The van der Waals surface area contributed by atoms with Gasteiger partial charge in [-0.1, -0.05) is 19.9 Å². The van der Waals surface area contributed by atoms with E-state index in [1.54, 1.807) is 0 Å². The van der Waals surface area contributed by atoms with Crippen LogP contribution in [0.15, 0.2) is 18.2 Å². The zero-order valence-electron chi connectivity index (χ0n) is 12.8. The molecule has 3 nitrogen and oxygen atoms in total. The van der Waals surface area contributed by atoms with Crippen LogP contribution in [0.1, 0.15) is 44.7 Å². The quantitative estimate of drug-likeness (QED) is 0.885. The molecule has 1 aliphatic rings. The topological polar surface area (TPSA) is 41.1 Å². The van der Waals surface area contributed by atoms with Gasteiger partial charge >= 0.3 is 0 Å². The van der Waals surface area contributed by atoms with E-state index in [1.807, 2.05) is 6.07 Å². The molecule has 2 rings (SSSR count). The van der Waals surface area contributed by atoms with Gasteiger partial charge in [-0.25, -0.2) is 0 Å². The molecule has 1 amide bonds. The summed E-state index contributed by atoms with van der Waals surface area (Å²) < 4.78 is 0. The normalized spacial score (nSPS) is 22.6. The molecule has 1 aromatic carbocycles. The number of aryl methyl sites for hydroxylation is 2. The molecule has 1 aromatic rings. The van der Waals surface area contributed by atoms with E-state index in [0.29, 0.717) is 6.04 Å². The molecule has 20 heavy (non-hydrogen) atoms. The highest BCUT2D eigenvalue weighted by Gasteiger charge is 2.24. The summed E-state index contributed by atoms with van der Waals surface area (Å²) in [6.07, 6.45) is 3.92. The van der Waals surface area contributed by atoms with Gasteiger partial charge in [-0.3, -0.25) is 4.79 Å². The van der Waals surface area contributed by atoms with Crippen LogP contribution in [0, 0.1) is 5.92 Å². The van der Waals surface area contributed by atoms with Crippen molar-refractivity contribution in [2.24, 2.45) is 5.92 Å². The third kappa shape index (κ3) is 3.60. The van der Waals surface area contributed by atoms with E-state index in [1.165, 1.54) is 11.1 Å². The predicted octanol–water partition coefficient (Wildman–Crippen LogP) is 3.14. The molecular weight excluding hydrogens is 248 g/mol. The Labute approximate surface area is 122 Å². The number of nitrogens with one attached hydrogen (secondary N) is 2. The molecule has 0 radical (unpaired) electrons. The van der Waals surface area contributed by atoms with Gasteiger partial charge in [-0.15, -0.1) is 0 Å². The van der Waals surface area contributed by atoms with Crippen LogP contribution < -0.4 is 10.6 Å². The number of hydrogen-bond donors (Lipinski definition) is 2. The van der Waals surface area contributed by atoms with Crippen LogP contribution in [0.3, 0.4) is 0 Å². The van der Waals surface area contributed by atoms with Crippen molar-refractivity contribution in [3.8, 4) is 0 Å². The molecule has 2 atom stereocenters. The first-order valence-corrected chi connectivity index (χ1v) is 7.80. The summed E-state index contributed by atoms with van der Waals surface area (Å²) in [7, 11) is 0. The second-order valence-electron chi connectivity index (χ2n) is 5.76. The van der Waals surface area contributed by atoms with Crippen molar-refractivity contribution in [1.29, 1.82) is 0 Å². The Morgan fingerprint density at radius 3 is 2.70 bits per heavy atom.